The fourth-order valence-corrected chi connectivity index (χ4v) is 1.81. The smallest absolute Gasteiger partial charge is 0.274 e. The van der Waals surface area contributed by atoms with E-state index in [0.717, 1.165) is 0 Å². The lowest BCUT2D eigenvalue weighted by Crippen LogP contribution is -2.16. The van der Waals surface area contributed by atoms with Gasteiger partial charge in [0.15, 0.2) is 0 Å². The number of hydrogen-bond donors (Lipinski definition) is 2. The Morgan fingerprint density at radius 2 is 2.50 bits per heavy atom. The molecular weight excluding hydrogens is 226 g/mol. The summed E-state index contributed by atoms with van der Waals surface area (Å²) in [6.07, 6.45) is 1.73. The number of anilines is 2. The number of nitrogens with two attached hydrogens (primary N) is 1. The third-order valence-electron chi connectivity index (χ3n) is 2.07. The fourth-order valence-electron chi connectivity index (χ4n) is 1.37. The lowest BCUT2D eigenvalue weighted by molar-refractivity contribution is 0.101. The van der Waals surface area contributed by atoms with Crippen molar-refractivity contribution in [1.29, 1.82) is 0 Å². The van der Waals surface area contributed by atoms with Crippen LogP contribution in [0.3, 0.4) is 0 Å². The molecule has 0 unspecified atom stereocenters. The van der Waals surface area contributed by atoms with E-state index in [0.29, 0.717) is 23.1 Å². The van der Waals surface area contributed by atoms with Gasteiger partial charge in [-0.05, 0) is 13.0 Å². The molecule has 0 fully saturated rings. The predicted molar refractivity (Wildman–Crippen MR) is 62.4 cm³/mol. The number of amides is 1. The van der Waals surface area contributed by atoms with Crippen molar-refractivity contribution in [3.05, 3.63) is 23.5 Å². The molecule has 0 aliphatic carbocycles. The number of aryl methyl sites for hydroxylation is 1. The molecule has 0 aromatic carbocycles. The van der Waals surface area contributed by atoms with E-state index < -0.39 is 0 Å². The molecule has 2 aromatic rings. The minimum Gasteiger partial charge on any atom is -0.397 e. The van der Waals surface area contributed by atoms with Gasteiger partial charge in [0, 0.05) is 12.7 Å². The quantitative estimate of drug-likeness (QED) is 0.839. The fraction of sp³-hybridized carbons (Fsp3) is 0.222. The number of nitrogen functional groups attached to an aromatic ring is 1. The molecule has 3 N–H and O–H groups in total. The van der Waals surface area contributed by atoms with Crippen LogP contribution in [-0.4, -0.2) is 20.7 Å². The summed E-state index contributed by atoms with van der Waals surface area (Å²) in [6, 6.07) is 1.64. The van der Waals surface area contributed by atoms with Gasteiger partial charge in [0.05, 0.1) is 5.69 Å². The number of nitrogens with one attached hydrogen (secondary N) is 1. The first kappa shape index (κ1) is 10.6. The van der Waals surface area contributed by atoms with E-state index >= 15 is 0 Å². The zero-order chi connectivity index (χ0) is 11.5. The highest BCUT2D eigenvalue weighted by atomic mass is 32.1. The molecule has 2 heterocycles. The molecule has 0 saturated carbocycles. The molecule has 84 valence electrons. The summed E-state index contributed by atoms with van der Waals surface area (Å²) in [7, 11) is 0. The molecule has 0 saturated heterocycles. The largest absolute Gasteiger partial charge is 0.397 e. The van der Waals surface area contributed by atoms with Crippen LogP contribution in [0.5, 0.6) is 0 Å². The van der Waals surface area contributed by atoms with Gasteiger partial charge in [-0.2, -0.15) is 0 Å². The van der Waals surface area contributed by atoms with Crippen molar-refractivity contribution in [3.8, 4) is 0 Å². The van der Waals surface area contributed by atoms with E-state index in [1.807, 2.05) is 6.92 Å². The van der Waals surface area contributed by atoms with E-state index in [1.54, 1.807) is 22.3 Å². The van der Waals surface area contributed by atoms with Gasteiger partial charge in [-0.15, -0.1) is 10.2 Å². The Balaban J connectivity index is 2.20. The van der Waals surface area contributed by atoms with Crippen molar-refractivity contribution in [3.63, 3.8) is 0 Å². The Labute approximate surface area is 96.1 Å². The van der Waals surface area contributed by atoms with Gasteiger partial charge >= 0.3 is 0 Å². The molecule has 0 aliphatic heterocycles. The van der Waals surface area contributed by atoms with E-state index in [4.69, 9.17) is 5.73 Å². The molecule has 0 aliphatic rings. The molecule has 0 spiro atoms. The summed E-state index contributed by atoms with van der Waals surface area (Å²) in [6.45, 7) is 2.64. The monoisotopic (exact) mass is 237 g/mol. The Morgan fingerprint density at radius 3 is 3.12 bits per heavy atom. The lowest BCUT2D eigenvalue weighted by Gasteiger charge is -2.04. The molecule has 6 nitrogen and oxygen atoms in total. The Hall–Kier alpha value is -1.89. The van der Waals surface area contributed by atoms with Crippen LogP contribution in [0.1, 0.15) is 17.4 Å². The van der Waals surface area contributed by atoms with Gasteiger partial charge in [-0.3, -0.25) is 10.1 Å². The van der Waals surface area contributed by atoms with E-state index in [1.165, 1.54) is 11.3 Å². The van der Waals surface area contributed by atoms with Gasteiger partial charge in [-0.25, -0.2) is 0 Å². The van der Waals surface area contributed by atoms with E-state index in [2.05, 4.69) is 15.5 Å². The van der Waals surface area contributed by atoms with Crippen LogP contribution >= 0.6 is 11.3 Å². The SMILES string of the molecule is CCn1cc(N)cc1C(=O)Nc1nncs1. The molecule has 16 heavy (non-hydrogen) atoms. The van der Waals surface area contributed by atoms with Crippen LogP contribution in [0.2, 0.25) is 0 Å². The maximum atomic E-state index is 11.9. The number of nitrogens with zero attached hydrogens (tertiary/aromatic N) is 3. The number of hydrogen-bond acceptors (Lipinski definition) is 5. The minimum atomic E-state index is -0.227. The minimum absolute atomic E-state index is 0.227. The Bertz CT molecular complexity index is 490. The molecule has 0 atom stereocenters. The normalized spacial score (nSPS) is 10.3. The second kappa shape index (κ2) is 4.31. The maximum absolute atomic E-state index is 11.9. The number of carbonyl (C=O) groups excluding carboxylic acids is 1. The summed E-state index contributed by atoms with van der Waals surface area (Å²) in [5.41, 5.74) is 8.30. The first-order valence-corrected chi connectivity index (χ1v) is 5.62. The highest BCUT2D eigenvalue weighted by Crippen LogP contribution is 2.14. The average molecular weight is 237 g/mol. The topological polar surface area (TPSA) is 85.8 Å². The zero-order valence-corrected chi connectivity index (χ0v) is 9.49. The lowest BCUT2D eigenvalue weighted by atomic mass is 10.4. The second-order valence-corrected chi connectivity index (χ2v) is 3.98. The van der Waals surface area contributed by atoms with Crippen LogP contribution in [0.4, 0.5) is 10.8 Å². The summed E-state index contributed by atoms with van der Waals surface area (Å²) in [5.74, 6) is -0.227. The predicted octanol–water partition coefficient (Wildman–Crippen LogP) is 1.19. The highest BCUT2D eigenvalue weighted by molar-refractivity contribution is 7.13. The summed E-state index contributed by atoms with van der Waals surface area (Å²) >= 11 is 1.27. The van der Waals surface area contributed by atoms with Crippen LogP contribution in [-0.2, 0) is 6.54 Å². The molecule has 2 rings (SSSR count). The van der Waals surface area contributed by atoms with E-state index in [9.17, 15) is 4.79 Å². The maximum Gasteiger partial charge on any atom is 0.274 e. The van der Waals surface area contributed by atoms with E-state index in [-0.39, 0.29) is 5.91 Å². The Morgan fingerprint density at radius 1 is 1.69 bits per heavy atom. The van der Waals surface area contributed by atoms with Gasteiger partial charge in [0.1, 0.15) is 11.2 Å². The van der Waals surface area contributed by atoms with Crippen molar-refractivity contribution in [2.45, 2.75) is 13.5 Å². The van der Waals surface area contributed by atoms with Gasteiger partial charge < -0.3 is 10.3 Å². The van der Waals surface area contributed by atoms with Crippen molar-refractivity contribution in [2.24, 2.45) is 0 Å². The van der Waals surface area contributed by atoms with Crippen molar-refractivity contribution >= 4 is 28.1 Å². The molecule has 1 amide bonds. The second-order valence-electron chi connectivity index (χ2n) is 3.14. The molecule has 0 bridgehead atoms. The van der Waals surface area contributed by atoms with Crippen LogP contribution in [0.25, 0.3) is 0 Å². The standard InChI is InChI=1S/C9H11N5OS/c1-2-14-4-6(10)3-7(14)8(15)12-9-13-11-5-16-9/h3-5H,2,10H2,1H3,(H,12,13,15). The first-order chi connectivity index (χ1) is 7.70. The van der Waals surface area contributed by atoms with Crippen molar-refractivity contribution in [1.82, 2.24) is 14.8 Å². The summed E-state index contributed by atoms with van der Waals surface area (Å²) in [4.78, 5) is 11.9. The van der Waals surface area contributed by atoms with Crippen LogP contribution in [0, 0.1) is 0 Å². The number of aromatic nitrogens is 3. The van der Waals surface area contributed by atoms with Gasteiger partial charge in [0.25, 0.3) is 5.91 Å². The molecular formula is C9H11N5OS. The van der Waals surface area contributed by atoms with Gasteiger partial charge in [-0.1, -0.05) is 11.3 Å². The van der Waals surface area contributed by atoms with Crippen LogP contribution in [0.15, 0.2) is 17.8 Å². The third kappa shape index (κ3) is 2.03. The van der Waals surface area contributed by atoms with Crippen LogP contribution < -0.4 is 11.1 Å². The summed E-state index contributed by atoms with van der Waals surface area (Å²) in [5, 5.41) is 10.5. The number of carbonyl (C=O) groups is 1. The zero-order valence-electron chi connectivity index (χ0n) is 8.67. The molecule has 7 heteroatoms. The average Bonchev–Trinajstić information content (AvgIpc) is 2.86. The summed E-state index contributed by atoms with van der Waals surface area (Å²) < 4.78 is 1.78. The third-order valence-corrected chi connectivity index (χ3v) is 2.68. The Kier molecular flexibility index (Phi) is 2.86. The number of rotatable bonds is 3. The molecule has 2 aromatic heterocycles. The van der Waals surface area contributed by atoms with Crippen molar-refractivity contribution < 1.29 is 4.79 Å². The van der Waals surface area contributed by atoms with Crippen molar-refractivity contribution in [2.75, 3.05) is 11.1 Å². The highest BCUT2D eigenvalue weighted by Gasteiger charge is 2.13. The van der Waals surface area contributed by atoms with Gasteiger partial charge in [0.2, 0.25) is 5.13 Å². The molecule has 0 radical (unpaired) electrons. The first-order valence-electron chi connectivity index (χ1n) is 4.74.